The first-order valence-corrected chi connectivity index (χ1v) is 6.85. The van der Waals surface area contributed by atoms with Crippen LogP contribution in [0, 0.1) is 5.92 Å². The number of nitrogens with two attached hydrogens (primary N) is 1. The summed E-state index contributed by atoms with van der Waals surface area (Å²) in [5.74, 6) is -0.365. The first-order chi connectivity index (χ1) is 8.54. The molecule has 0 aromatic rings. The Hall–Kier alpha value is -1.10. The molecule has 0 bridgehead atoms. The van der Waals surface area contributed by atoms with Crippen LogP contribution >= 0.6 is 0 Å². The molecular formula is C13H25N3O2. The van der Waals surface area contributed by atoms with Crippen molar-refractivity contribution in [3.63, 3.8) is 0 Å². The Morgan fingerprint density at radius 3 is 2.61 bits per heavy atom. The quantitative estimate of drug-likeness (QED) is 0.725. The molecule has 0 spiro atoms. The molecule has 1 aliphatic rings. The van der Waals surface area contributed by atoms with E-state index in [9.17, 15) is 9.59 Å². The van der Waals surface area contributed by atoms with Gasteiger partial charge in [0.1, 0.15) is 0 Å². The summed E-state index contributed by atoms with van der Waals surface area (Å²) >= 11 is 0. The van der Waals surface area contributed by atoms with Crippen molar-refractivity contribution < 1.29 is 9.59 Å². The van der Waals surface area contributed by atoms with Crippen LogP contribution < -0.4 is 11.1 Å². The number of hydrogen-bond acceptors (Lipinski definition) is 3. The van der Waals surface area contributed by atoms with Crippen molar-refractivity contribution in [3.8, 4) is 0 Å². The van der Waals surface area contributed by atoms with E-state index in [1.807, 2.05) is 0 Å². The van der Waals surface area contributed by atoms with E-state index in [0.717, 1.165) is 25.7 Å². The van der Waals surface area contributed by atoms with Crippen LogP contribution in [0.25, 0.3) is 0 Å². The summed E-state index contributed by atoms with van der Waals surface area (Å²) in [6, 6.07) is 0.481. The van der Waals surface area contributed by atoms with E-state index >= 15 is 0 Å². The van der Waals surface area contributed by atoms with Crippen molar-refractivity contribution in [2.24, 2.45) is 11.7 Å². The second-order valence-electron chi connectivity index (χ2n) is 5.16. The van der Waals surface area contributed by atoms with Crippen molar-refractivity contribution in [2.45, 2.75) is 45.6 Å². The van der Waals surface area contributed by atoms with Crippen LogP contribution in [0.1, 0.15) is 39.5 Å². The van der Waals surface area contributed by atoms with Crippen molar-refractivity contribution in [1.82, 2.24) is 10.2 Å². The van der Waals surface area contributed by atoms with Crippen molar-refractivity contribution in [1.29, 1.82) is 0 Å². The maximum absolute atomic E-state index is 12.3. The summed E-state index contributed by atoms with van der Waals surface area (Å²) in [7, 11) is 0. The highest BCUT2D eigenvalue weighted by Crippen LogP contribution is 2.17. The molecule has 1 rings (SSSR count). The molecule has 18 heavy (non-hydrogen) atoms. The smallest absolute Gasteiger partial charge is 0.237 e. The van der Waals surface area contributed by atoms with Gasteiger partial charge in [-0.3, -0.25) is 9.59 Å². The Morgan fingerprint density at radius 1 is 1.39 bits per heavy atom. The number of nitrogens with zero attached hydrogens (tertiary/aromatic N) is 1. The van der Waals surface area contributed by atoms with Gasteiger partial charge in [0, 0.05) is 19.1 Å². The van der Waals surface area contributed by atoms with Gasteiger partial charge in [0.25, 0.3) is 0 Å². The minimum Gasteiger partial charge on any atom is -0.368 e. The number of carbonyl (C=O) groups excluding carboxylic acids is 2. The number of amides is 2. The fourth-order valence-corrected chi connectivity index (χ4v) is 2.27. The second-order valence-corrected chi connectivity index (χ2v) is 5.16. The number of primary amides is 1. The lowest BCUT2D eigenvalue weighted by Crippen LogP contribution is -2.48. The minimum atomic E-state index is -0.434. The van der Waals surface area contributed by atoms with Crippen LogP contribution in [-0.2, 0) is 9.59 Å². The summed E-state index contributed by atoms with van der Waals surface area (Å²) in [5.41, 5.74) is 5.21. The highest BCUT2D eigenvalue weighted by molar-refractivity contribution is 5.85. The lowest BCUT2D eigenvalue weighted by atomic mass is 9.94. The van der Waals surface area contributed by atoms with E-state index in [4.69, 9.17) is 5.73 Å². The summed E-state index contributed by atoms with van der Waals surface area (Å²) in [6.45, 7) is 5.58. The van der Waals surface area contributed by atoms with Gasteiger partial charge >= 0.3 is 0 Å². The van der Waals surface area contributed by atoms with Gasteiger partial charge in [0.2, 0.25) is 11.8 Å². The third kappa shape index (κ3) is 4.64. The predicted molar refractivity (Wildman–Crippen MR) is 70.9 cm³/mol. The SMILES string of the molecule is CCCCN(CC(N)=O)C(=O)C1CCC(C)NC1. The topological polar surface area (TPSA) is 75.4 Å². The maximum atomic E-state index is 12.3. The van der Waals surface area contributed by atoms with E-state index < -0.39 is 5.91 Å². The van der Waals surface area contributed by atoms with Gasteiger partial charge in [-0.05, 0) is 26.2 Å². The van der Waals surface area contributed by atoms with Gasteiger partial charge in [-0.2, -0.15) is 0 Å². The van der Waals surface area contributed by atoms with Crippen LogP contribution in [0.3, 0.4) is 0 Å². The Labute approximate surface area is 109 Å². The Kier molecular flexibility index (Phi) is 6.12. The molecule has 1 saturated heterocycles. The molecule has 0 aromatic carbocycles. The number of carbonyl (C=O) groups is 2. The average Bonchev–Trinajstić information content (AvgIpc) is 2.34. The molecule has 2 unspecified atom stereocenters. The van der Waals surface area contributed by atoms with Crippen molar-refractivity contribution in [3.05, 3.63) is 0 Å². The summed E-state index contributed by atoms with van der Waals surface area (Å²) in [6.07, 6.45) is 3.82. The summed E-state index contributed by atoms with van der Waals surface area (Å²) in [4.78, 5) is 25.0. The molecule has 2 atom stereocenters. The lowest BCUT2D eigenvalue weighted by Gasteiger charge is -2.31. The van der Waals surface area contributed by atoms with E-state index in [1.165, 1.54) is 0 Å². The highest BCUT2D eigenvalue weighted by Gasteiger charge is 2.28. The maximum Gasteiger partial charge on any atom is 0.237 e. The number of hydrogen-bond donors (Lipinski definition) is 2. The van der Waals surface area contributed by atoms with E-state index in [0.29, 0.717) is 19.1 Å². The van der Waals surface area contributed by atoms with Crippen LogP contribution in [0.4, 0.5) is 0 Å². The normalized spacial score (nSPS) is 23.7. The summed E-state index contributed by atoms with van der Waals surface area (Å²) in [5, 5.41) is 3.31. The molecule has 0 saturated carbocycles. The first-order valence-electron chi connectivity index (χ1n) is 6.85. The van der Waals surface area contributed by atoms with E-state index in [2.05, 4.69) is 19.2 Å². The molecule has 0 radical (unpaired) electrons. The van der Waals surface area contributed by atoms with Gasteiger partial charge in [-0.15, -0.1) is 0 Å². The van der Waals surface area contributed by atoms with Gasteiger partial charge in [-0.1, -0.05) is 13.3 Å². The molecule has 1 aliphatic heterocycles. The van der Waals surface area contributed by atoms with Crippen LogP contribution in [0.2, 0.25) is 0 Å². The first kappa shape index (κ1) is 15.0. The number of nitrogens with one attached hydrogen (secondary N) is 1. The molecule has 0 aromatic heterocycles. The average molecular weight is 255 g/mol. The monoisotopic (exact) mass is 255 g/mol. The number of piperidine rings is 1. The molecule has 5 nitrogen and oxygen atoms in total. The number of unbranched alkanes of at least 4 members (excludes halogenated alkanes) is 1. The Balaban J connectivity index is 2.54. The van der Waals surface area contributed by atoms with Crippen molar-refractivity contribution in [2.75, 3.05) is 19.6 Å². The molecule has 5 heteroatoms. The molecule has 2 amide bonds. The second kappa shape index (κ2) is 7.36. The zero-order valence-electron chi connectivity index (χ0n) is 11.4. The fourth-order valence-electron chi connectivity index (χ4n) is 2.27. The van der Waals surface area contributed by atoms with Crippen LogP contribution in [0.15, 0.2) is 0 Å². The minimum absolute atomic E-state index is 0.00240. The molecule has 1 fully saturated rings. The van der Waals surface area contributed by atoms with Gasteiger partial charge < -0.3 is 16.0 Å². The molecule has 1 heterocycles. The number of rotatable bonds is 6. The predicted octanol–water partition coefficient (Wildman–Crippen LogP) is 0.489. The van der Waals surface area contributed by atoms with Crippen molar-refractivity contribution >= 4 is 11.8 Å². The standard InChI is InChI=1S/C13H25N3O2/c1-3-4-7-16(9-12(14)17)13(18)11-6-5-10(2)15-8-11/h10-11,15H,3-9H2,1-2H3,(H2,14,17). The van der Waals surface area contributed by atoms with Crippen LogP contribution in [-0.4, -0.2) is 42.4 Å². The molecular weight excluding hydrogens is 230 g/mol. The Morgan fingerprint density at radius 2 is 2.11 bits per heavy atom. The van der Waals surface area contributed by atoms with Gasteiger partial charge in [-0.25, -0.2) is 0 Å². The fraction of sp³-hybridized carbons (Fsp3) is 0.846. The van der Waals surface area contributed by atoms with E-state index in [1.54, 1.807) is 4.90 Å². The highest BCUT2D eigenvalue weighted by atomic mass is 16.2. The molecule has 0 aliphatic carbocycles. The molecule has 3 N–H and O–H groups in total. The van der Waals surface area contributed by atoms with Crippen LogP contribution in [0.5, 0.6) is 0 Å². The van der Waals surface area contributed by atoms with Gasteiger partial charge in [0.05, 0.1) is 12.5 Å². The lowest BCUT2D eigenvalue weighted by molar-refractivity contribution is -0.139. The largest absolute Gasteiger partial charge is 0.368 e. The van der Waals surface area contributed by atoms with E-state index in [-0.39, 0.29) is 18.4 Å². The Bertz CT molecular complexity index is 286. The summed E-state index contributed by atoms with van der Waals surface area (Å²) < 4.78 is 0. The zero-order chi connectivity index (χ0) is 13.5. The zero-order valence-corrected chi connectivity index (χ0v) is 11.4. The third-order valence-corrected chi connectivity index (χ3v) is 3.45. The molecule has 104 valence electrons. The third-order valence-electron chi connectivity index (χ3n) is 3.45. The van der Waals surface area contributed by atoms with Gasteiger partial charge in [0.15, 0.2) is 0 Å².